The highest BCUT2D eigenvalue weighted by Crippen LogP contribution is 2.43. The van der Waals surface area contributed by atoms with E-state index in [1.165, 1.54) is 5.56 Å². The van der Waals surface area contributed by atoms with Gasteiger partial charge in [0, 0.05) is 42.9 Å². The fourth-order valence-corrected chi connectivity index (χ4v) is 6.06. The number of aromatic nitrogens is 2. The molecule has 1 N–H and O–H groups in total. The molecule has 3 heterocycles. The zero-order valence-corrected chi connectivity index (χ0v) is 19.1. The van der Waals surface area contributed by atoms with Crippen LogP contribution in [0.25, 0.3) is 0 Å². The number of piperidine rings is 1. The van der Waals surface area contributed by atoms with Crippen LogP contribution in [0.3, 0.4) is 0 Å². The molecule has 5 rings (SSSR count). The number of nitrogens with zero attached hydrogens (tertiary/aromatic N) is 3. The van der Waals surface area contributed by atoms with E-state index in [1.807, 2.05) is 23.1 Å². The first-order valence-corrected chi connectivity index (χ1v) is 12.2. The monoisotopic (exact) mass is 434 g/mol. The molecule has 6 nitrogen and oxygen atoms in total. The Kier molecular flexibility index (Phi) is 5.78. The summed E-state index contributed by atoms with van der Waals surface area (Å²) in [5.74, 6) is 0.681. The van der Waals surface area contributed by atoms with Crippen LogP contribution < -0.4 is 0 Å². The number of benzene rings is 1. The average Bonchev–Trinajstić information content (AvgIpc) is 3.41. The van der Waals surface area contributed by atoms with E-state index in [1.54, 1.807) is 0 Å². The van der Waals surface area contributed by atoms with E-state index in [0.29, 0.717) is 37.2 Å². The Bertz CT molecular complexity index is 977. The molecule has 0 bridgehead atoms. The lowest BCUT2D eigenvalue weighted by molar-refractivity contribution is -0.145. The second-order valence-corrected chi connectivity index (χ2v) is 10.0. The predicted molar refractivity (Wildman–Crippen MR) is 123 cm³/mol. The molecule has 1 aromatic carbocycles. The highest BCUT2D eigenvalue weighted by atomic mass is 16.2. The lowest BCUT2D eigenvalue weighted by Gasteiger charge is -2.42. The maximum Gasteiger partial charge on any atom is 0.274 e. The molecule has 1 aliphatic carbocycles. The van der Waals surface area contributed by atoms with E-state index in [4.69, 9.17) is 0 Å². The minimum absolute atomic E-state index is 0.0610. The zero-order valence-electron chi connectivity index (χ0n) is 19.1. The molecule has 6 heteroatoms. The molecule has 1 aromatic heterocycles. The van der Waals surface area contributed by atoms with Crippen molar-refractivity contribution in [1.82, 2.24) is 20.0 Å². The number of fused-ring (bicyclic) bond motifs is 1. The standard InChI is InChI=1S/C26H34N4O2/c1-26(14-5-6-15-30(25(26)32)18-19-8-3-2-4-9-19)20-12-16-29(17-13-20)24(31)23-21-10-7-11-22(21)27-28-23/h2-4,8-9,20H,5-7,10-18H2,1H3,(H,27,28)/t26-/m1/s1. The highest BCUT2D eigenvalue weighted by molar-refractivity contribution is 5.94. The van der Waals surface area contributed by atoms with Crippen LogP contribution in [-0.4, -0.2) is 51.4 Å². The lowest BCUT2D eigenvalue weighted by Crippen LogP contribution is -2.49. The Labute approximate surface area is 190 Å². The normalized spacial score (nSPS) is 24.5. The molecule has 2 fully saturated rings. The SMILES string of the molecule is C[C@]1(C2CCN(C(=O)c3n[nH]c4c3CCC4)CC2)CCCCN(Cc2ccccc2)C1=O. The van der Waals surface area contributed by atoms with Crippen molar-refractivity contribution in [2.24, 2.45) is 11.3 Å². The molecular formula is C26H34N4O2. The van der Waals surface area contributed by atoms with E-state index < -0.39 is 0 Å². The summed E-state index contributed by atoms with van der Waals surface area (Å²) in [4.78, 5) is 30.9. The average molecular weight is 435 g/mol. The summed E-state index contributed by atoms with van der Waals surface area (Å²) in [6, 6.07) is 10.3. The van der Waals surface area contributed by atoms with Crippen molar-refractivity contribution in [3.05, 3.63) is 52.8 Å². The van der Waals surface area contributed by atoms with Gasteiger partial charge in [0.15, 0.2) is 5.69 Å². The summed E-state index contributed by atoms with van der Waals surface area (Å²) in [6.45, 7) is 5.14. The largest absolute Gasteiger partial charge is 0.338 e. The first kappa shape index (κ1) is 21.2. The molecule has 0 radical (unpaired) electrons. The summed E-state index contributed by atoms with van der Waals surface area (Å²) in [5, 5.41) is 7.40. The Morgan fingerprint density at radius 3 is 2.66 bits per heavy atom. The van der Waals surface area contributed by atoms with Crippen molar-refractivity contribution in [2.45, 2.75) is 64.8 Å². The first-order valence-electron chi connectivity index (χ1n) is 12.2. The number of hydrogen-bond acceptors (Lipinski definition) is 3. The van der Waals surface area contributed by atoms with Crippen LogP contribution in [0.1, 0.15) is 72.8 Å². The van der Waals surface area contributed by atoms with Crippen molar-refractivity contribution in [2.75, 3.05) is 19.6 Å². The Balaban J connectivity index is 1.26. The topological polar surface area (TPSA) is 69.3 Å². The van der Waals surface area contributed by atoms with Crippen LogP contribution in [0.2, 0.25) is 0 Å². The predicted octanol–water partition coefficient (Wildman–Crippen LogP) is 3.97. The summed E-state index contributed by atoms with van der Waals surface area (Å²) in [6.07, 6.45) is 7.93. The number of likely N-dealkylation sites (tertiary alicyclic amines) is 2. The molecule has 2 aliphatic heterocycles. The number of nitrogens with one attached hydrogen (secondary N) is 1. The molecule has 2 amide bonds. The number of carbonyl (C=O) groups excluding carboxylic acids is 2. The van der Waals surface area contributed by atoms with Crippen LogP contribution >= 0.6 is 0 Å². The maximum atomic E-state index is 13.7. The van der Waals surface area contributed by atoms with E-state index >= 15 is 0 Å². The number of H-pyrrole nitrogens is 1. The third kappa shape index (κ3) is 3.84. The van der Waals surface area contributed by atoms with Crippen molar-refractivity contribution < 1.29 is 9.59 Å². The van der Waals surface area contributed by atoms with Gasteiger partial charge in [-0.25, -0.2) is 0 Å². The van der Waals surface area contributed by atoms with Crippen molar-refractivity contribution in [1.29, 1.82) is 0 Å². The number of aryl methyl sites for hydroxylation is 1. The van der Waals surface area contributed by atoms with Gasteiger partial charge < -0.3 is 9.80 Å². The molecule has 0 spiro atoms. The minimum atomic E-state index is -0.339. The van der Waals surface area contributed by atoms with Crippen LogP contribution in [-0.2, 0) is 24.2 Å². The van der Waals surface area contributed by atoms with Gasteiger partial charge in [0.1, 0.15) is 0 Å². The molecule has 0 unspecified atom stereocenters. The molecule has 0 saturated carbocycles. The van der Waals surface area contributed by atoms with Crippen LogP contribution in [0.4, 0.5) is 0 Å². The van der Waals surface area contributed by atoms with Gasteiger partial charge in [-0.15, -0.1) is 0 Å². The van der Waals surface area contributed by atoms with Gasteiger partial charge in [-0.2, -0.15) is 5.10 Å². The van der Waals surface area contributed by atoms with Crippen molar-refractivity contribution in [3.63, 3.8) is 0 Å². The van der Waals surface area contributed by atoms with Gasteiger partial charge in [-0.3, -0.25) is 14.7 Å². The van der Waals surface area contributed by atoms with Gasteiger partial charge in [0.25, 0.3) is 5.91 Å². The van der Waals surface area contributed by atoms with E-state index in [2.05, 4.69) is 34.2 Å². The van der Waals surface area contributed by atoms with Crippen molar-refractivity contribution in [3.8, 4) is 0 Å². The molecule has 2 aromatic rings. The second-order valence-electron chi connectivity index (χ2n) is 10.0. The third-order valence-corrected chi connectivity index (χ3v) is 8.06. The number of hydrogen-bond donors (Lipinski definition) is 1. The molecule has 1 atom stereocenters. The second kappa shape index (κ2) is 8.72. The number of amides is 2. The summed E-state index contributed by atoms with van der Waals surface area (Å²) in [5.41, 5.74) is 3.74. The van der Waals surface area contributed by atoms with E-state index in [9.17, 15) is 9.59 Å². The summed E-state index contributed by atoms with van der Waals surface area (Å²) < 4.78 is 0. The summed E-state index contributed by atoms with van der Waals surface area (Å²) in [7, 11) is 0. The number of carbonyl (C=O) groups is 2. The number of rotatable bonds is 4. The molecule has 2 saturated heterocycles. The molecule has 3 aliphatic rings. The quantitative estimate of drug-likeness (QED) is 0.792. The van der Waals surface area contributed by atoms with Crippen LogP contribution in [0.5, 0.6) is 0 Å². The number of aromatic amines is 1. The Hall–Kier alpha value is -2.63. The molecular weight excluding hydrogens is 400 g/mol. The first-order chi connectivity index (χ1) is 15.6. The van der Waals surface area contributed by atoms with E-state index in [-0.39, 0.29) is 11.3 Å². The Morgan fingerprint density at radius 1 is 1.09 bits per heavy atom. The van der Waals surface area contributed by atoms with Gasteiger partial charge in [0.05, 0.1) is 0 Å². The van der Waals surface area contributed by atoms with Gasteiger partial charge >= 0.3 is 0 Å². The summed E-state index contributed by atoms with van der Waals surface area (Å²) >= 11 is 0. The van der Waals surface area contributed by atoms with Crippen LogP contribution in [0.15, 0.2) is 30.3 Å². The lowest BCUT2D eigenvalue weighted by atomic mass is 9.69. The van der Waals surface area contributed by atoms with Gasteiger partial charge in [-0.05, 0) is 56.4 Å². The highest BCUT2D eigenvalue weighted by Gasteiger charge is 2.45. The van der Waals surface area contributed by atoms with Gasteiger partial charge in [-0.1, -0.05) is 43.7 Å². The Morgan fingerprint density at radius 2 is 1.88 bits per heavy atom. The maximum absolute atomic E-state index is 13.7. The van der Waals surface area contributed by atoms with E-state index in [0.717, 1.165) is 69.2 Å². The molecule has 32 heavy (non-hydrogen) atoms. The van der Waals surface area contributed by atoms with Crippen molar-refractivity contribution >= 4 is 11.8 Å². The zero-order chi connectivity index (χ0) is 22.1. The fourth-order valence-electron chi connectivity index (χ4n) is 6.06. The molecule has 170 valence electrons. The fraction of sp³-hybridized carbons (Fsp3) is 0.577. The van der Waals surface area contributed by atoms with Gasteiger partial charge in [0.2, 0.25) is 5.91 Å². The third-order valence-electron chi connectivity index (χ3n) is 8.06. The minimum Gasteiger partial charge on any atom is -0.338 e. The van der Waals surface area contributed by atoms with Crippen LogP contribution in [0, 0.1) is 11.3 Å². The smallest absolute Gasteiger partial charge is 0.274 e.